The van der Waals surface area contributed by atoms with Crippen LogP contribution in [0.5, 0.6) is 11.5 Å². The number of aromatic carboxylic acids is 1. The molecule has 0 amide bonds. The molecule has 0 saturated carbocycles. The number of aliphatic hydroxyl groups excluding tert-OH is 1. The van der Waals surface area contributed by atoms with Crippen LogP contribution in [0, 0.1) is 17.8 Å². The van der Waals surface area contributed by atoms with Crippen LogP contribution in [-0.4, -0.2) is 36.5 Å². The van der Waals surface area contributed by atoms with Crippen molar-refractivity contribution in [3.8, 4) is 23.3 Å². The van der Waals surface area contributed by atoms with Gasteiger partial charge in [0, 0.05) is 12.5 Å². The van der Waals surface area contributed by atoms with E-state index in [0.29, 0.717) is 17.7 Å². The van der Waals surface area contributed by atoms with Gasteiger partial charge in [-0.2, -0.15) is 0 Å². The Morgan fingerprint density at radius 1 is 1.32 bits per heavy atom. The Morgan fingerprint density at radius 2 is 2.00 bits per heavy atom. The molecule has 5 heteroatoms. The van der Waals surface area contributed by atoms with Crippen LogP contribution in [0.3, 0.4) is 0 Å². The van der Waals surface area contributed by atoms with E-state index in [9.17, 15) is 15.0 Å². The number of rotatable bonds is 7. The predicted octanol–water partition coefficient (Wildman–Crippen LogP) is 2.35. The van der Waals surface area contributed by atoms with Crippen molar-refractivity contribution in [2.75, 3.05) is 14.2 Å². The van der Waals surface area contributed by atoms with Gasteiger partial charge in [0.25, 0.3) is 0 Å². The number of methoxy groups -OCH3 is 2. The van der Waals surface area contributed by atoms with Crippen LogP contribution in [0.1, 0.15) is 36.2 Å². The molecule has 120 valence electrons. The van der Waals surface area contributed by atoms with Crippen molar-refractivity contribution in [1.29, 1.82) is 0 Å². The maximum absolute atomic E-state index is 11.5. The lowest BCUT2D eigenvalue weighted by atomic mass is 9.92. The van der Waals surface area contributed by atoms with Crippen molar-refractivity contribution in [3.63, 3.8) is 0 Å². The second kappa shape index (κ2) is 8.30. The van der Waals surface area contributed by atoms with E-state index < -0.39 is 12.1 Å². The summed E-state index contributed by atoms with van der Waals surface area (Å²) in [6.45, 7) is 3.63. The molecule has 5 nitrogen and oxygen atoms in total. The molecule has 1 rings (SSSR count). The lowest BCUT2D eigenvalue weighted by Crippen LogP contribution is -2.21. The third kappa shape index (κ3) is 4.40. The highest BCUT2D eigenvalue weighted by Gasteiger charge is 2.22. The molecular formula is C17H22O5. The molecule has 0 heterocycles. The Bertz CT molecular complexity index is 583. The summed E-state index contributed by atoms with van der Waals surface area (Å²) in [4.78, 5) is 11.5. The zero-order chi connectivity index (χ0) is 16.7. The molecule has 0 unspecified atom stereocenters. The van der Waals surface area contributed by atoms with E-state index in [4.69, 9.17) is 9.47 Å². The van der Waals surface area contributed by atoms with Crippen molar-refractivity contribution < 1.29 is 24.5 Å². The fraction of sp³-hybridized carbons (Fsp3) is 0.471. The van der Waals surface area contributed by atoms with E-state index in [0.717, 1.165) is 0 Å². The zero-order valence-corrected chi connectivity index (χ0v) is 13.3. The molecule has 22 heavy (non-hydrogen) atoms. The molecule has 1 aromatic carbocycles. The Labute approximate surface area is 130 Å². The normalized spacial score (nSPS) is 12.8. The Balaban J connectivity index is 3.14. The van der Waals surface area contributed by atoms with Gasteiger partial charge in [0.2, 0.25) is 0 Å². The maximum Gasteiger partial charge on any atom is 0.339 e. The van der Waals surface area contributed by atoms with Gasteiger partial charge in [0.1, 0.15) is 17.1 Å². The van der Waals surface area contributed by atoms with Crippen LogP contribution in [0.15, 0.2) is 12.1 Å². The van der Waals surface area contributed by atoms with E-state index in [1.807, 2.05) is 6.92 Å². The molecule has 0 spiro atoms. The Morgan fingerprint density at radius 3 is 2.50 bits per heavy atom. The average Bonchev–Trinajstić information content (AvgIpc) is 2.50. The van der Waals surface area contributed by atoms with Gasteiger partial charge in [-0.25, -0.2) is 4.79 Å². The summed E-state index contributed by atoms with van der Waals surface area (Å²) < 4.78 is 10.3. The first kappa shape index (κ1) is 17.9. The van der Waals surface area contributed by atoms with Crippen LogP contribution in [0.25, 0.3) is 0 Å². The van der Waals surface area contributed by atoms with Crippen LogP contribution in [0.4, 0.5) is 0 Å². The maximum atomic E-state index is 11.5. The highest BCUT2D eigenvalue weighted by atomic mass is 16.5. The number of aliphatic hydroxyl groups is 1. The molecule has 0 radical (unpaired) electrons. The van der Waals surface area contributed by atoms with E-state index >= 15 is 0 Å². The molecule has 0 aliphatic heterocycles. The number of carbonyl (C=O) groups is 1. The molecule has 0 aliphatic carbocycles. The zero-order valence-electron chi connectivity index (χ0n) is 13.3. The molecule has 2 atom stereocenters. The standard InChI is InChI=1S/C17H22O5/c1-5-6-7-11(2)14(18)9-12-8-13(21-3)10-15(22-4)16(12)17(19)20/h8,10-11,14,18H,7,9H2,1-4H3,(H,19,20)/t11-,14+/m0/s1. The first-order valence-corrected chi connectivity index (χ1v) is 7.00. The second-order valence-electron chi connectivity index (χ2n) is 5.05. The quantitative estimate of drug-likeness (QED) is 0.756. The molecule has 0 bridgehead atoms. The van der Waals surface area contributed by atoms with Gasteiger partial charge in [-0.05, 0) is 30.9 Å². The van der Waals surface area contributed by atoms with Crippen LogP contribution in [0.2, 0.25) is 0 Å². The first-order valence-electron chi connectivity index (χ1n) is 7.00. The molecule has 0 saturated heterocycles. The molecule has 2 N–H and O–H groups in total. The van der Waals surface area contributed by atoms with E-state index in [1.54, 1.807) is 13.0 Å². The predicted molar refractivity (Wildman–Crippen MR) is 83.4 cm³/mol. The summed E-state index contributed by atoms with van der Waals surface area (Å²) >= 11 is 0. The van der Waals surface area contributed by atoms with Crippen LogP contribution >= 0.6 is 0 Å². The summed E-state index contributed by atoms with van der Waals surface area (Å²) in [5.74, 6) is 5.26. The molecular weight excluding hydrogens is 284 g/mol. The van der Waals surface area contributed by atoms with Crippen molar-refractivity contribution in [2.24, 2.45) is 5.92 Å². The lowest BCUT2D eigenvalue weighted by Gasteiger charge is -2.19. The lowest BCUT2D eigenvalue weighted by molar-refractivity contribution is 0.0689. The van der Waals surface area contributed by atoms with Crippen molar-refractivity contribution in [1.82, 2.24) is 0 Å². The van der Waals surface area contributed by atoms with Gasteiger partial charge in [-0.3, -0.25) is 0 Å². The number of benzene rings is 1. The summed E-state index contributed by atoms with van der Waals surface area (Å²) in [7, 11) is 2.90. The second-order valence-corrected chi connectivity index (χ2v) is 5.05. The van der Waals surface area contributed by atoms with Crippen LogP contribution in [-0.2, 0) is 6.42 Å². The Kier molecular flexibility index (Phi) is 6.74. The van der Waals surface area contributed by atoms with Gasteiger partial charge in [-0.15, -0.1) is 11.8 Å². The summed E-state index contributed by atoms with van der Waals surface area (Å²) in [6, 6.07) is 3.14. The molecule has 0 aliphatic rings. The molecule has 0 aromatic heterocycles. The number of carboxylic acids is 1. The van der Waals surface area contributed by atoms with Crippen molar-refractivity contribution in [2.45, 2.75) is 32.8 Å². The minimum Gasteiger partial charge on any atom is -0.497 e. The third-order valence-electron chi connectivity index (χ3n) is 3.51. The number of carboxylic acid groups (broad SMARTS) is 1. The number of hydrogen-bond acceptors (Lipinski definition) is 4. The molecule has 0 fully saturated rings. The summed E-state index contributed by atoms with van der Waals surface area (Å²) in [5.41, 5.74) is 0.531. The van der Waals surface area contributed by atoms with Gasteiger partial charge < -0.3 is 19.7 Å². The van der Waals surface area contributed by atoms with Gasteiger partial charge in [0.05, 0.1) is 20.3 Å². The van der Waals surface area contributed by atoms with E-state index in [1.165, 1.54) is 20.3 Å². The minimum atomic E-state index is -1.09. The summed E-state index contributed by atoms with van der Waals surface area (Å²) in [5, 5.41) is 19.7. The molecule has 1 aromatic rings. The SMILES string of the molecule is CC#CC[C@H](C)[C@H](O)Cc1cc(OC)cc(OC)c1C(=O)O. The van der Waals surface area contributed by atoms with Gasteiger partial charge >= 0.3 is 5.97 Å². The van der Waals surface area contributed by atoms with E-state index in [-0.39, 0.29) is 23.7 Å². The van der Waals surface area contributed by atoms with E-state index in [2.05, 4.69) is 11.8 Å². The van der Waals surface area contributed by atoms with Crippen molar-refractivity contribution >= 4 is 5.97 Å². The van der Waals surface area contributed by atoms with Gasteiger partial charge in [-0.1, -0.05) is 6.92 Å². The average molecular weight is 306 g/mol. The highest BCUT2D eigenvalue weighted by Crippen LogP contribution is 2.30. The van der Waals surface area contributed by atoms with Crippen molar-refractivity contribution in [3.05, 3.63) is 23.3 Å². The first-order chi connectivity index (χ1) is 10.4. The minimum absolute atomic E-state index is 0.0520. The third-order valence-corrected chi connectivity index (χ3v) is 3.51. The van der Waals surface area contributed by atoms with Gasteiger partial charge in [0.15, 0.2) is 0 Å². The fourth-order valence-corrected chi connectivity index (χ4v) is 2.15. The monoisotopic (exact) mass is 306 g/mol. The summed E-state index contributed by atoms with van der Waals surface area (Å²) in [6.07, 6.45) is 0.0545. The smallest absolute Gasteiger partial charge is 0.339 e. The fourth-order valence-electron chi connectivity index (χ4n) is 2.15. The van der Waals surface area contributed by atoms with Crippen LogP contribution < -0.4 is 9.47 Å². The highest BCUT2D eigenvalue weighted by molar-refractivity contribution is 5.93. The number of hydrogen-bond donors (Lipinski definition) is 2. The topological polar surface area (TPSA) is 76.0 Å². The largest absolute Gasteiger partial charge is 0.497 e. The Hall–Kier alpha value is -2.19. The number of ether oxygens (including phenoxy) is 2.